The van der Waals surface area contributed by atoms with Crippen molar-refractivity contribution in [3.05, 3.63) is 87.4 Å². The van der Waals surface area contributed by atoms with E-state index in [0.717, 1.165) is 0 Å². The van der Waals surface area contributed by atoms with Gasteiger partial charge in [-0.2, -0.15) is 0 Å². The van der Waals surface area contributed by atoms with E-state index in [2.05, 4.69) is 0 Å². The Kier molecular flexibility index (Phi) is 6.37. The molecule has 2 aromatic rings. The number of Topliss-reactive ketones (excluding diaryl/α,β-unsaturated/α-hetero) is 2. The summed E-state index contributed by atoms with van der Waals surface area (Å²) in [7, 11) is 2.83. The highest BCUT2D eigenvalue weighted by molar-refractivity contribution is 6.23. The number of hydrogen-bond donors (Lipinski definition) is 7. The monoisotopic (exact) mass is 562 g/mol. The number of nitrogens with two attached hydrogens (primary N) is 1. The summed E-state index contributed by atoms with van der Waals surface area (Å²) in [5.41, 5.74) is 1.08. The molecule has 0 fully saturated rings. The Labute approximate surface area is 232 Å². The number of carbonyl (C=O) groups excluding carboxylic acids is 3. The van der Waals surface area contributed by atoms with Gasteiger partial charge in [-0.25, -0.2) is 4.79 Å². The first kappa shape index (κ1) is 27.8. The molecule has 2 aromatic carbocycles. The first-order chi connectivity index (χ1) is 19.2. The van der Waals surface area contributed by atoms with Gasteiger partial charge < -0.3 is 36.4 Å². The average Bonchev–Trinajstić information content (AvgIpc) is 2.90. The number of hydrogen-bond acceptors (Lipinski definition) is 10. The normalized spacial score (nSPS) is 28.5. The number of carboxylic acids is 1. The Hall–Kier alpha value is -4.78. The molecule has 5 atom stereocenters. The number of primary amides is 1. The van der Waals surface area contributed by atoms with E-state index in [9.17, 15) is 49.8 Å². The highest BCUT2D eigenvalue weighted by Gasteiger charge is 2.66. The van der Waals surface area contributed by atoms with Crippen molar-refractivity contribution in [2.24, 2.45) is 17.6 Å². The second kappa shape index (κ2) is 9.41. The van der Waals surface area contributed by atoms with Crippen molar-refractivity contribution in [3.8, 4) is 5.75 Å². The van der Waals surface area contributed by atoms with Crippen molar-refractivity contribution in [2.75, 3.05) is 14.1 Å². The maximum atomic E-state index is 13.8. The van der Waals surface area contributed by atoms with Crippen LogP contribution in [-0.4, -0.2) is 90.8 Å². The maximum absolute atomic E-state index is 13.8. The number of rotatable bonds is 4. The van der Waals surface area contributed by atoms with Gasteiger partial charge in [-0.15, -0.1) is 0 Å². The molecule has 3 aliphatic rings. The summed E-state index contributed by atoms with van der Waals surface area (Å²) >= 11 is 0. The minimum absolute atomic E-state index is 0.0564. The molecule has 0 saturated carbocycles. The first-order valence-corrected chi connectivity index (χ1v) is 12.4. The van der Waals surface area contributed by atoms with E-state index in [1.165, 1.54) is 61.5 Å². The van der Waals surface area contributed by atoms with Crippen LogP contribution in [0.25, 0.3) is 11.6 Å². The van der Waals surface area contributed by atoms with Crippen LogP contribution in [0.5, 0.6) is 5.75 Å². The van der Waals surface area contributed by atoms with Crippen molar-refractivity contribution >= 4 is 35.1 Å². The quantitative estimate of drug-likeness (QED) is 0.258. The molecule has 0 aliphatic heterocycles. The summed E-state index contributed by atoms with van der Waals surface area (Å²) < 4.78 is 0. The third-order valence-electron chi connectivity index (χ3n) is 7.99. The first-order valence-electron chi connectivity index (χ1n) is 12.4. The van der Waals surface area contributed by atoms with Crippen LogP contribution in [-0.2, 0) is 9.59 Å². The van der Waals surface area contributed by atoms with E-state index in [1.807, 2.05) is 0 Å². The number of carbonyl (C=O) groups is 4. The van der Waals surface area contributed by atoms with Crippen molar-refractivity contribution in [3.63, 3.8) is 0 Å². The SMILES string of the molecule is CN(C)[C@H]1C(=O)C(C(N)=O)=C(O)[C@]2(O)C(O)=C3C(=O)c4c(O)cccc4/C(=C\c4cccc(C(=O)O)c4)[C@@H]3[C@@H](O)[C@H]12. The number of likely N-dealkylation sites (N-methyl/N-ethyl adjacent to an activating group) is 1. The molecule has 41 heavy (non-hydrogen) atoms. The second-order valence-corrected chi connectivity index (χ2v) is 10.4. The Balaban J connectivity index is 1.88. The summed E-state index contributed by atoms with van der Waals surface area (Å²) in [6, 6.07) is 8.40. The van der Waals surface area contributed by atoms with Crippen LogP contribution >= 0.6 is 0 Å². The molecule has 3 aliphatic carbocycles. The van der Waals surface area contributed by atoms with Crippen molar-refractivity contribution in [1.82, 2.24) is 4.90 Å². The van der Waals surface area contributed by atoms with Gasteiger partial charge in [0.15, 0.2) is 17.2 Å². The third-order valence-corrected chi connectivity index (χ3v) is 7.99. The summed E-state index contributed by atoms with van der Waals surface area (Å²) in [5, 5.41) is 66.4. The smallest absolute Gasteiger partial charge is 0.335 e. The number of aliphatic hydroxyl groups is 4. The predicted molar refractivity (Wildman–Crippen MR) is 143 cm³/mol. The van der Waals surface area contributed by atoms with E-state index in [4.69, 9.17) is 5.73 Å². The van der Waals surface area contributed by atoms with Gasteiger partial charge in [-0.3, -0.25) is 19.3 Å². The molecule has 0 radical (unpaired) electrons. The number of aromatic carboxylic acids is 1. The lowest BCUT2D eigenvalue weighted by Crippen LogP contribution is -2.67. The topological polar surface area (TPSA) is 219 Å². The minimum atomic E-state index is -2.98. The number of phenols is 1. The fourth-order valence-corrected chi connectivity index (χ4v) is 6.25. The zero-order chi connectivity index (χ0) is 30.1. The molecule has 8 N–H and O–H groups in total. The van der Waals surface area contributed by atoms with E-state index < -0.39 is 81.4 Å². The minimum Gasteiger partial charge on any atom is -0.508 e. The molecule has 12 heteroatoms. The molecule has 0 saturated heterocycles. The van der Waals surface area contributed by atoms with E-state index >= 15 is 0 Å². The van der Waals surface area contributed by atoms with Gasteiger partial charge >= 0.3 is 5.97 Å². The fourth-order valence-electron chi connectivity index (χ4n) is 6.25. The van der Waals surface area contributed by atoms with Crippen LogP contribution in [0.15, 0.2) is 65.1 Å². The predicted octanol–water partition coefficient (Wildman–Crippen LogP) is 0.788. The number of aromatic hydroxyl groups is 1. The van der Waals surface area contributed by atoms with Gasteiger partial charge in [-0.05, 0) is 49.0 Å². The highest BCUT2D eigenvalue weighted by Crippen LogP contribution is 2.56. The van der Waals surface area contributed by atoms with Gasteiger partial charge in [0.2, 0.25) is 0 Å². The molecular weight excluding hydrogens is 536 g/mol. The molecule has 0 bridgehead atoms. The van der Waals surface area contributed by atoms with Crippen LogP contribution in [0, 0.1) is 11.8 Å². The molecule has 0 unspecified atom stereocenters. The van der Waals surface area contributed by atoms with Crippen molar-refractivity contribution in [2.45, 2.75) is 17.7 Å². The largest absolute Gasteiger partial charge is 0.508 e. The lowest BCUT2D eigenvalue weighted by molar-refractivity contribution is -0.148. The standard InChI is InChI=1S/C29H26N2O10/c1-31(2)21-20-23(34)17-14(10-11-5-3-6-12(9-11)28(39)40)13-7-4-8-15(32)16(13)22(33)18(17)25(36)29(20,41)26(37)19(24(21)35)27(30)38/h3-10,17,20-21,23,32,34,36-37,41H,1-2H3,(H2,30,38)(H,39,40)/b14-10+/t17-,20-,21+,23+,29+/m0/s1. The Morgan fingerprint density at radius 2 is 1.68 bits per heavy atom. The maximum Gasteiger partial charge on any atom is 0.335 e. The number of fused-ring (bicyclic) bond motifs is 3. The lowest BCUT2D eigenvalue weighted by Gasteiger charge is -2.53. The molecule has 0 aromatic heterocycles. The van der Waals surface area contributed by atoms with E-state index in [0.29, 0.717) is 5.56 Å². The molecule has 5 rings (SSSR count). The van der Waals surface area contributed by atoms with Gasteiger partial charge in [0.05, 0.1) is 34.8 Å². The number of benzene rings is 2. The molecule has 1 amide bonds. The lowest BCUT2D eigenvalue weighted by atomic mass is 9.56. The number of aliphatic hydroxyl groups excluding tert-OH is 3. The Morgan fingerprint density at radius 3 is 2.29 bits per heavy atom. The highest BCUT2D eigenvalue weighted by atomic mass is 16.4. The number of carboxylic acid groups (broad SMARTS) is 1. The Bertz CT molecular complexity index is 1650. The van der Waals surface area contributed by atoms with Gasteiger partial charge in [0, 0.05) is 5.92 Å². The van der Waals surface area contributed by atoms with Crippen molar-refractivity contribution in [1.29, 1.82) is 0 Å². The zero-order valence-corrected chi connectivity index (χ0v) is 21.8. The second-order valence-electron chi connectivity index (χ2n) is 10.4. The summed E-state index contributed by atoms with van der Waals surface area (Å²) in [4.78, 5) is 52.2. The van der Waals surface area contributed by atoms with Gasteiger partial charge in [0.1, 0.15) is 22.8 Å². The van der Waals surface area contributed by atoms with Gasteiger partial charge in [0.25, 0.3) is 5.91 Å². The molecule has 12 nitrogen and oxygen atoms in total. The zero-order valence-electron chi connectivity index (χ0n) is 21.8. The number of phenolic OH excluding ortho intramolecular Hbond substituents is 1. The Morgan fingerprint density at radius 1 is 1.02 bits per heavy atom. The third kappa shape index (κ3) is 3.79. The van der Waals surface area contributed by atoms with Gasteiger partial charge in [-0.1, -0.05) is 30.3 Å². The average molecular weight is 563 g/mol. The number of nitrogens with zero attached hydrogens (tertiary/aromatic N) is 1. The van der Waals surface area contributed by atoms with Crippen LogP contribution in [0.3, 0.4) is 0 Å². The summed E-state index contributed by atoms with van der Waals surface area (Å²) in [5.74, 6) is -10.6. The number of ketones is 2. The van der Waals surface area contributed by atoms with Crippen LogP contribution in [0.1, 0.15) is 31.8 Å². The van der Waals surface area contributed by atoms with Crippen LogP contribution in [0.4, 0.5) is 0 Å². The van der Waals surface area contributed by atoms with Crippen LogP contribution in [0.2, 0.25) is 0 Å². The van der Waals surface area contributed by atoms with E-state index in [1.54, 1.807) is 6.07 Å². The number of amides is 1. The molecule has 0 spiro atoms. The fraction of sp³-hybridized carbons (Fsp3) is 0.241. The molecule has 0 heterocycles. The van der Waals surface area contributed by atoms with Crippen molar-refractivity contribution < 1.29 is 49.8 Å². The van der Waals surface area contributed by atoms with Crippen LogP contribution < -0.4 is 5.73 Å². The summed E-state index contributed by atoms with van der Waals surface area (Å²) in [6.45, 7) is 0. The summed E-state index contributed by atoms with van der Waals surface area (Å²) in [6.07, 6.45) is -0.380. The van der Waals surface area contributed by atoms with E-state index in [-0.39, 0.29) is 22.3 Å². The molecule has 212 valence electrons. The molecular formula is C29H26N2O10.